The Labute approximate surface area is 315 Å². The van der Waals surface area contributed by atoms with Crippen molar-refractivity contribution in [3.63, 3.8) is 0 Å². The molecule has 268 valence electrons. The van der Waals surface area contributed by atoms with Crippen molar-refractivity contribution in [1.82, 2.24) is 0 Å². The minimum atomic E-state index is -0.0994. The zero-order chi connectivity index (χ0) is 37.0. The van der Waals surface area contributed by atoms with Crippen LogP contribution in [0.2, 0.25) is 5.02 Å². The lowest BCUT2D eigenvalue weighted by Gasteiger charge is -2.50. The van der Waals surface area contributed by atoms with Gasteiger partial charge < -0.3 is 14.2 Å². The molecule has 0 spiro atoms. The third kappa shape index (κ3) is 5.29. The van der Waals surface area contributed by atoms with Crippen LogP contribution >= 0.6 is 11.6 Å². The molecule has 0 N–H and O–H groups in total. The monoisotopic (exact) mass is 708 g/mol. The van der Waals surface area contributed by atoms with Crippen LogP contribution in [0.4, 0.5) is 28.4 Å². The highest BCUT2D eigenvalue weighted by atomic mass is 35.5. The van der Waals surface area contributed by atoms with Crippen molar-refractivity contribution in [2.45, 2.75) is 117 Å². The first-order chi connectivity index (χ1) is 24.5. The normalized spacial score (nSPS) is 20.4. The molecular formula is C48H53ClN2O. The lowest BCUT2D eigenvalue weighted by atomic mass is 9.61. The summed E-state index contributed by atoms with van der Waals surface area (Å²) < 4.78 is 6.46. The van der Waals surface area contributed by atoms with Gasteiger partial charge in [-0.15, -0.1) is 0 Å². The Bertz CT molecular complexity index is 2350. The summed E-state index contributed by atoms with van der Waals surface area (Å²) in [5.74, 6) is 0. The van der Waals surface area contributed by atoms with Gasteiger partial charge in [-0.1, -0.05) is 121 Å². The van der Waals surface area contributed by atoms with Gasteiger partial charge in [0, 0.05) is 32.9 Å². The fourth-order valence-electron chi connectivity index (χ4n) is 9.50. The molecule has 2 heterocycles. The lowest BCUT2D eigenvalue weighted by molar-refractivity contribution is 0.195. The first kappa shape index (κ1) is 34.9. The van der Waals surface area contributed by atoms with Gasteiger partial charge in [-0.3, -0.25) is 0 Å². The van der Waals surface area contributed by atoms with Crippen LogP contribution in [0, 0.1) is 13.8 Å². The van der Waals surface area contributed by atoms with E-state index in [9.17, 15) is 0 Å². The number of hydrogen-bond donors (Lipinski definition) is 0. The molecule has 2 unspecified atom stereocenters. The van der Waals surface area contributed by atoms with Crippen LogP contribution in [0.1, 0.15) is 109 Å². The minimum Gasteiger partial charge on any atom is -0.456 e. The summed E-state index contributed by atoms with van der Waals surface area (Å²) in [5.41, 5.74) is 14.2. The summed E-state index contributed by atoms with van der Waals surface area (Å²) in [4.78, 5) is 5.09. The van der Waals surface area contributed by atoms with E-state index < -0.39 is 0 Å². The van der Waals surface area contributed by atoms with Crippen LogP contribution in [0.25, 0.3) is 21.9 Å². The Hall–Kier alpha value is -4.21. The topological polar surface area (TPSA) is 19.6 Å². The molecule has 5 aromatic carbocycles. The number of anilines is 5. The standard InChI is InChI=1S/C48H53ClN2O/c1-30-24-33(46(6,7)8)25-31(2)44(30)50(40-17-15-19-42-43(40)37-16-11-12-18-41(37)52-42)35-27-34(49)28-36(29-35)51-39-21-20-32(45(3,4)5)26-38(39)47(9)22-13-14-23-48(47,51)10/h11-12,15-21,24-29H,13-14,22-23H2,1-10H3. The predicted molar refractivity (Wildman–Crippen MR) is 223 cm³/mol. The van der Waals surface area contributed by atoms with E-state index in [0.717, 1.165) is 50.4 Å². The van der Waals surface area contributed by atoms with Crippen LogP contribution < -0.4 is 9.80 Å². The molecule has 0 radical (unpaired) electrons. The first-order valence-corrected chi connectivity index (χ1v) is 19.5. The Morgan fingerprint density at radius 2 is 1.38 bits per heavy atom. The molecule has 1 fully saturated rings. The molecule has 52 heavy (non-hydrogen) atoms. The molecule has 3 nitrogen and oxygen atoms in total. The second kappa shape index (κ2) is 11.9. The van der Waals surface area contributed by atoms with E-state index in [1.165, 1.54) is 58.5 Å². The van der Waals surface area contributed by atoms with Gasteiger partial charge in [0.05, 0.1) is 22.3 Å². The zero-order valence-electron chi connectivity index (χ0n) is 32.7. The van der Waals surface area contributed by atoms with Gasteiger partial charge in [-0.05, 0) is 115 Å². The maximum Gasteiger partial charge on any atom is 0.137 e. The second-order valence-electron chi connectivity index (χ2n) is 18.1. The summed E-state index contributed by atoms with van der Waals surface area (Å²) in [6, 6.07) is 33.5. The zero-order valence-corrected chi connectivity index (χ0v) is 33.4. The van der Waals surface area contributed by atoms with Gasteiger partial charge in [-0.25, -0.2) is 0 Å². The fraction of sp³-hybridized carbons (Fsp3) is 0.375. The minimum absolute atomic E-state index is 0.0152. The Morgan fingerprint density at radius 1 is 0.712 bits per heavy atom. The van der Waals surface area contributed by atoms with Crippen molar-refractivity contribution in [2.24, 2.45) is 0 Å². The van der Waals surface area contributed by atoms with E-state index in [1.807, 2.05) is 6.07 Å². The Kier molecular flexibility index (Phi) is 7.98. The smallest absolute Gasteiger partial charge is 0.137 e. The van der Waals surface area contributed by atoms with Crippen molar-refractivity contribution in [2.75, 3.05) is 9.80 Å². The van der Waals surface area contributed by atoms with Crippen molar-refractivity contribution in [1.29, 1.82) is 0 Å². The molecule has 1 aliphatic carbocycles. The molecule has 0 bridgehead atoms. The van der Waals surface area contributed by atoms with Crippen molar-refractivity contribution in [3.8, 4) is 0 Å². The lowest BCUT2D eigenvalue weighted by Crippen LogP contribution is -2.54. The molecule has 4 heteroatoms. The predicted octanol–water partition coefficient (Wildman–Crippen LogP) is 14.7. The van der Waals surface area contributed by atoms with Gasteiger partial charge in [0.15, 0.2) is 0 Å². The van der Waals surface area contributed by atoms with Crippen molar-refractivity contribution in [3.05, 3.63) is 124 Å². The molecule has 2 atom stereocenters. The van der Waals surface area contributed by atoms with E-state index in [4.69, 9.17) is 16.0 Å². The average molecular weight is 709 g/mol. The quantitative estimate of drug-likeness (QED) is 0.182. The molecule has 8 rings (SSSR count). The molecule has 1 aliphatic heterocycles. The Balaban J connectivity index is 1.40. The van der Waals surface area contributed by atoms with Gasteiger partial charge in [0.2, 0.25) is 0 Å². The van der Waals surface area contributed by atoms with Crippen LogP contribution in [0.5, 0.6) is 0 Å². The number of hydrogen-bond acceptors (Lipinski definition) is 3. The maximum atomic E-state index is 7.30. The van der Waals surface area contributed by atoms with Crippen molar-refractivity contribution < 1.29 is 4.42 Å². The summed E-state index contributed by atoms with van der Waals surface area (Å²) in [7, 11) is 0. The van der Waals surface area contributed by atoms with E-state index in [-0.39, 0.29) is 21.8 Å². The van der Waals surface area contributed by atoms with Gasteiger partial charge in [0.1, 0.15) is 11.2 Å². The number of furan rings is 1. The van der Waals surface area contributed by atoms with Gasteiger partial charge in [0.25, 0.3) is 0 Å². The molecule has 6 aromatic rings. The summed E-state index contributed by atoms with van der Waals surface area (Å²) in [6.45, 7) is 23.4. The van der Waals surface area contributed by atoms with E-state index in [1.54, 1.807) is 0 Å². The summed E-state index contributed by atoms with van der Waals surface area (Å²) in [5, 5.41) is 2.94. The largest absolute Gasteiger partial charge is 0.456 e. The summed E-state index contributed by atoms with van der Waals surface area (Å²) >= 11 is 7.30. The number of aryl methyl sites for hydroxylation is 2. The first-order valence-electron chi connectivity index (χ1n) is 19.1. The highest BCUT2D eigenvalue weighted by Gasteiger charge is 2.57. The summed E-state index contributed by atoms with van der Waals surface area (Å²) in [6.07, 6.45) is 4.77. The van der Waals surface area contributed by atoms with Gasteiger partial charge >= 0.3 is 0 Å². The van der Waals surface area contributed by atoms with Crippen LogP contribution in [0.15, 0.2) is 95.4 Å². The third-order valence-corrected chi connectivity index (χ3v) is 12.8. The highest BCUT2D eigenvalue weighted by molar-refractivity contribution is 6.31. The Morgan fingerprint density at radius 3 is 2.10 bits per heavy atom. The van der Waals surface area contributed by atoms with Crippen LogP contribution in [0.3, 0.4) is 0 Å². The maximum absolute atomic E-state index is 7.30. The number of halogens is 1. The molecular weight excluding hydrogens is 656 g/mol. The number of rotatable bonds is 4. The van der Waals surface area contributed by atoms with Crippen LogP contribution in [-0.2, 0) is 16.2 Å². The van der Waals surface area contributed by atoms with E-state index in [2.05, 4.69) is 164 Å². The number of benzene rings is 5. The number of nitrogens with zero attached hydrogens (tertiary/aromatic N) is 2. The third-order valence-electron chi connectivity index (χ3n) is 12.6. The molecule has 1 saturated carbocycles. The SMILES string of the molecule is Cc1cc(C(C)(C)C)cc(C)c1N(c1cc(Cl)cc(N2c3ccc(C(C)(C)C)cc3C3(C)CCCCC23C)c1)c1cccc2oc3ccccc3c12. The highest BCUT2D eigenvalue weighted by Crippen LogP contribution is 2.62. The van der Waals surface area contributed by atoms with E-state index in [0.29, 0.717) is 0 Å². The number of fused-ring (bicyclic) bond motifs is 6. The molecule has 2 aliphatic rings. The average Bonchev–Trinajstić information content (AvgIpc) is 3.55. The fourth-order valence-corrected chi connectivity index (χ4v) is 9.72. The number of para-hydroxylation sites is 1. The molecule has 0 amide bonds. The van der Waals surface area contributed by atoms with Gasteiger partial charge in [-0.2, -0.15) is 0 Å². The van der Waals surface area contributed by atoms with Crippen LogP contribution in [-0.4, -0.2) is 5.54 Å². The van der Waals surface area contributed by atoms with Crippen molar-refractivity contribution >= 4 is 62.0 Å². The second-order valence-corrected chi connectivity index (χ2v) is 18.5. The molecule has 1 aromatic heterocycles. The van der Waals surface area contributed by atoms with E-state index >= 15 is 0 Å². The molecule has 0 saturated heterocycles.